The van der Waals surface area contributed by atoms with Gasteiger partial charge in [-0.1, -0.05) is 13.8 Å². The Bertz CT molecular complexity index is 120. The lowest BCUT2D eigenvalue weighted by Gasteiger charge is -2.38. The molecule has 0 aromatic heterocycles. The van der Waals surface area contributed by atoms with Crippen LogP contribution in [0.2, 0.25) is 0 Å². The first-order valence-corrected chi connectivity index (χ1v) is 5.54. The van der Waals surface area contributed by atoms with E-state index in [1.807, 2.05) is 13.8 Å². The largest absolute Gasteiger partial charge is 0.325 e. The summed E-state index contributed by atoms with van der Waals surface area (Å²) < 4.78 is 0. The predicted molar refractivity (Wildman–Crippen MR) is 59.9 cm³/mol. The second-order valence-electron chi connectivity index (χ2n) is 4.28. The van der Waals surface area contributed by atoms with E-state index in [2.05, 4.69) is 25.7 Å². The van der Waals surface area contributed by atoms with Gasteiger partial charge in [-0.2, -0.15) is 0 Å². The molecule has 2 N–H and O–H groups in total. The Labute approximate surface area is 83.5 Å². The number of piperidine rings is 1. The first-order valence-electron chi connectivity index (χ1n) is 5.54. The zero-order chi connectivity index (χ0) is 10.5. The summed E-state index contributed by atoms with van der Waals surface area (Å²) in [6.45, 7) is 13.0. The molecule has 80 valence electrons. The molecule has 1 fully saturated rings. The van der Waals surface area contributed by atoms with E-state index >= 15 is 0 Å². The van der Waals surface area contributed by atoms with Crippen LogP contribution < -0.4 is 5.73 Å². The van der Waals surface area contributed by atoms with Crippen molar-refractivity contribution in [2.75, 3.05) is 13.1 Å². The minimum absolute atomic E-state index is 0.103. The van der Waals surface area contributed by atoms with E-state index in [4.69, 9.17) is 5.73 Å². The van der Waals surface area contributed by atoms with Crippen LogP contribution in [-0.2, 0) is 0 Å². The molecular weight excluding hydrogens is 160 g/mol. The van der Waals surface area contributed by atoms with Gasteiger partial charge in [0.15, 0.2) is 0 Å². The van der Waals surface area contributed by atoms with Crippen molar-refractivity contribution in [3.8, 4) is 0 Å². The second-order valence-corrected chi connectivity index (χ2v) is 4.28. The van der Waals surface area contributed by atoms with Crippen molar-refractivity contribution in [3.63, 3.8) is 0 Å². The van der Waals surface area contributed by atoms with Crippen LogP contribution in [0.5, 0.6) is 0 Å². The number of hydrogen-bond acceptors (Lipinski definition) is 2. The SMILES string of the molecule is CC.CC(C)N1CCC(C)(N)CC1. The third-order valence-corrected chi connectivity index (χ3v) is 2.67. The van der Waals surface area contributed by atoms with Crippen molar-refractivity contribution in [1.29, 1.82) is 0 Å². The van der Waals surface area contributed by atoms with Gasteiger partial charge >= 0.3 is 0 Å². The summed E-state index contributed by atoms with van der Waals surface area (Å²) in [7, 11) is 0. The monoisotopic (exact) mass is 186 g/mol. The summed E-state index contributed by atoms with van der Waals surface area (Å²) in [4.78, 5) is 2.49. The van der Waals surface area contributed by atoms with Crippen LogP contribution in [0.25, 0.3) is 0 Å². The number of rotatable bonds is 1. The van der Waals surface area contributed by atoms with Crippen molar-refractivity contribution in [2.24, 2.45) is 5.73 Å². The van der Waals surface area contributed by atoms with Gasteiger partial charge in [-0.05, 0) is 33.6 Å². The molecule has 0 spiro atoms. The average Bonchev–Trinajstić information content (AvgIpc) is 2.07. The van der Waals surface area contributed by atoms with E-state index in [1.54, 1.807) is 0 Å². The molecule has 0 aromatic rings. The Hall–Kier alpha value is -0.0800. The molecule has 0 aliphatic carbocycles. The van der Waals surface area contributed by atoms with Gasteiger partial charge in [-0.15, -0.1) is 0 Å². The summed E-state index contributed by atoms with van der Waals surface area (Å²) >= 11 is 0. The van der Waals surface area contributed by atoms with Crippen LogP contribution in [0.3, 0.4) is 0 Å². The molecule has 0 radical (unpaired) electrons. The number of nitrogens with two attached hydrogens (primary N) is 1. The fraction of sp³-hybridized carbons (Fsp3) is 1.00. The molecule has 1 aliphatic heterocycles. The van der Waals surface area contributed by atoms with Crippen molar-refractivity contribution >= 4 is 0 Å². The van der Waals surface area contributed by atoms with Crippen LogP contribution in [0.1, 0.15) is 47.5 Å². The van der Waals surface area contributed by atoms with E-state index < -0.39 is 0 Å². The normalized spacial score (nSPS) is 22.4. The van der Waals surface area contributed by atoms with E-state index in [-0.39, 0.29) is 5.54 Å². The molecule has 1 saturated heterocycles. The standard InChI is InChI=1S/C9H20N2.C2H6/c1-8(2)11-6-4-9(3,10)5-7-11;1-2/h8H,4-7,10H2,1-3H3;1-2H3. The Balaban J connectivity index is 0.000000671. The fourth-order valence-electron chi connectivity index (χ4n) is 1.55. The Morgan fingerprint density at radius 1 is 1.15 bits per heavy atom. The molecule has 2 nitrogen and oxygen atoms in total. The highest BCUT2D eigenvalue weighted by atomic mass is 15.2. The molecule has 13 heavy (non-hydrogen) atoms. The molecule has 0 atom stereocenters. The van der Waals surface area contributed by atoms with Gasteiger partial charge < -0.3 is 10.6 Å². The highest BCUT2D eigenvalue weighted by Gasteiger charge is 2.26. The third-order valence-electron chi connectivity index (χ3n) is 2.67. The van der Waals surface area contributed by atoms with Gasteiger partial charge in [-0.25, -0.2) is 0 Å². The summed E-state index contributed by atoms with van der Waals surface area (Å²) in [5.74, 6) is 0. The maximum Gasteiger partial charge on any atom is 0.0150 e. The molecule has 0 unspecified atom stereocenters. The second kappa shape index (κ2) is 5.61. The van der Waals surface area contributed by atoms with E-state index in [9.17, 15) is 0 Å². The van der Waals surface area contributed by atoms with Crippen LogP contribution in [0, 0.1) is 0 Å². The van der Waals surface area contributed by atoms with Crippen molar-refractivity contribution in [1.82, 2.24) is 4.90 Å². The van der Waals surface area contributed by atoms with Gasteiger partial charge in [0.25, 0.3) is 0 Å². The first-order chi connectivity index (χ1) is 6.01. The maximum absolute atomic E-state index is 6.01. The summed E-state index contributed by atoms with van der Waals surface area (Å²) in [6.07, 6.45) is 2.29. The maximum atomic E-state index is 6.01. The Kier molecular flexibility index (Phi) is 5.57. The lowest BCUT2D eigenvalue weighted by molar-refractivity contribution is 0.140. The van der Waals surface area contributed by atoms with E-state index in [1.165, 1.54) is 13.1 Å². The van der Waals surface area contributed by atoms with Gasteiger partial charge in [0.05, 0.1) is 0 Å². The third kappa shape index (κ3) is 4.63. The molecule has 1 rings (SSSR count). The lowest BCUT2D eigenvalue weighted by atomic mass is 9.90. The van der Waals surface area contributed by atoms with Crippen LogP contribution in [0.4, 0.5) is 0 Å². The molecule has 0 amide bonds. The average molecular weight is 186 g/mol. The van der Waals surface area contributed by atoms with Crippen molar-refractivity contribution in [2.45, 2.75) is 59.0 Å². The van der Waals surface area contributed by atoms with Gasteiger partial charge in [0.1, 0.15) is 0 Å². The fourth-order valence-corrected chi connectivity index (χ4v) is 1.55. The van der Waals surface area contributed by atoms with Crippen molar-refractivity contribution in [3.05, 3.63) is 0 Å². The topological polar surface area (TPSA) is 29.3 Å². The van der Waals surface area contributed by atoms with Crippen LogP contribution >= 0.6 is 0 Å². The zero-order valence-corrected chi connectivity index (χ0v) is 9.93. The highest BCUT2D eigenvalue weighted by molar-refractivity contribution is 4.86. The minimum Gasteiger partial charge on any atom is -0.325 e. The summed E-state index contributed by atoms with van der Waals surface area (Å²) in [6, 6.07) is 0.686. The number of hydrogen-bond donors (Lipinski definition) is 1. The molecule has 1 aliphatic rings. The van der Waals surface area contributed by atoms with Gasteiger partial charge in [0.2, 0.25) is 0 Å². The molecule has 0 bridgehead atoms. The number of nitrogens with zero attached hydrogens (tertiary/aromatic N) is 1. The first kappa shape index (κ1) is 12.9. The van der Waals surface area contributed by atoms with E-state index in [0.29, 0.717) is 6.04 Å². The molecule has 2 heteroatoms. The molecule has 1 heterocycles. The quantitative estimate of drug-likeness (QED) is 0.680. The Morgan fingerprint density at radius 3 is 1.85 bits per heavy atom. The predicted octanol–water partition coefficient (Wildman–Crippen LogP) is 2.23. The van der Waals surface area contributed by atoms with Crippen molar-refractivity contribution < 1.29 is 0 Å². The smallest absolute Gasteiger partial charge is 0.0150 e. The highest BCUT2D eigenvalue weighted by Crippen LogP contribution is 2.19. The summed E-state index contributed by atoms with van der Waals surface area (Å²) in [5, 5.41) is 0. The molecular formula is C11H26N2. The number of likely N-dealkylation sites (tertiary alicyclic amines) is 1. The van der Waals surface area contributed by atoms with Gasteiger partial charge in [-0.3, -0.25) is 0 Å². The Morgan fingerprint density at radius 2 is 1.54 bits per heavy atom. The lowest BCUT2D eigenvalue weighted by Crippen LogP contribution is -2.49. The van der Waals surface area contributed by atoms with Crippen LogP contribution in [-0.4, -0.2) is 29.6 Å². The summed E-state index contributed by atoms with van der Waals surface area (Å²) in [5.41, 5.74) is 6.12. The van der Waals surface area contributed by atoms with E-state index in [0.717, 1.165) is 12.8 Å². The van der Waals surface area contributed by atoms with Crippen LogP contribution in [0.15, 0.2) is 0 Å². The minimum atomic E-state index is 0.103. The zero-order valence-electron chi connectivity index (χ0n) is 9.93. The molecule has 0 saturated carbocycles. The molecule has 0 aromatic carbocycles. The van der Waals surface area contributed by atoms with Gasteiger partial charge in [0, 0.05) is 24.7 Å².